The summed E-state index contributed by atoms with van der Waals surface area (Å²) in [5, 5.41) is 2.55. The highest BCUT2D eigenvalue weighted by Gasteiger charge is 2.27. The maximum atomic E-state index is 12.8. The predicted molar refractivity (Wildman–Crippen MR) is 133 cm³/mol. The minimum Gasteiger partial charge on any atom is -0.497 e. The Bertz CT molecular complexity index is 1160. The third kappa shape index (κ3) is 7.87. The second kappa shape index (κ2) is 12.9. The summed E-state index contributed by atoms with van der Waals surface area (Å²) in [6.07, 6.45) is -0.731. The van der Waals surface area contributed by atoms with Gasteiger partial charge in [-0.2, -0.15) is 0 Å². The highest BCUT2D eigenvalue weighted by Crippen LogP contribution is 2.18. The van der Waals surface area contributed by atoms with Crippen molar-refractivity contribution in [2.75, 3.05) is 7.11 Å². The molecule has 3 aromatic carbocycles. The number of carbonyl (C=O) groups excluding carboxylic acids is 3. The SMILES string of the molecule is COc1ccc(COC(=O)c2cccc(OC(=O)[C@@H](NC(=O)OCc3ccccc3)C(C)C)c2)cc1. The zero-order chi connectivity index (χ0) is 25.9. The number of alkyl carbamates (subject to hydrolysis) is 1. The lowest BCUT2D eigenvalue weighted by Gasteiger charge is -2.20. The van der Waals surface area contributed by atoms with Crippen LogP contribution in [0.15, 0.2) is 78.9 Å². The Morgan fingerprint density at radius 3 is 2.11 bits per heavy atom. The van der Waals surface area contributed by atoms with Crippen molar-refractivity contribution in [2.24, 2.45) is 5.92 Å². The normalized spacial score (nSPS) is 11.3. The first-order valence-electron chi connectivity index (χ1n) is 11.4. The molecule has 1 N–H and O–H groups in total. The molecule has 8 heteroatoms. The van der Waals surface area contributed by atoms with E-state index >= 15 is 0 Å². The number of amides is 1. The van der Waals surface area contributed by atoms with Crippen LogP contribution in [0.25, 0.3) is 0 Å². The highest BCUT2D eigenvalue weighted by atomic mass is 16.6. The van der Waals surface area contributed by atoms with E-state index in [1.807, 2.05) is 30.3 Å². The summed E-state index contributed by atoms with van der Waals surface area (Å²) in [6.45, 7) is 3.71. The van der Waals surface area contributed by atoms with Gasteiger partial charge in [0.2, 0.25) is 0 Å². The number of rotatable bonds is 10. The number of esters is 2. The van der Waals surface area contributed by atoms with Gasteiger partial charge in [-0.05, 0) is 47.4 Å². The molecule has 0 aliphatic carbocycles. The number of ether oxygens (including phenoxy) is 4. The first-order valence-corrected chi connectivity index (χ1v) is 11.4. The van der Waals surface area contributed by atoms with Gasteiger partial charge in [0, 0.05) is 0 Å². The van der Waals surface area contributed by atoms with Gasteiger partial charge >= 0.3 is 18.0 Å². The minimum absolute atomic E-state index is 0.0766. The summed E-state index contributed by atoms with van der Waals surface area (Å²) in [5.74, 6) is -0.640. The lowest BCUT2D eigenvalue weighted by Crippen LogP contribution is -2.46. The molecule has 0 radical (unpaired) electrons. The molecule has 188 valence electrons. The maximum absolute atomic E-state index is 12.8. The van der Waals surface area contributed by atoms with Crippen LogP contribution in [-0.2, 0) is 27.5 Å². The summed E-state index contributed by atoms with van der Waals surface area (Å²) in [6, 6.07) is 21.5. The Hall–Kier alpha value is -4.33. The van der Waals surface area contributed by atoms with Crippen molar-refractivity contribution in [1.29, 1.82) is 0 Å². The van der Waals surface area contributed by atoms with Gasteiger partial charge < -0.3 is 24.3 Å². The highest BCUT2D eigenvalue weighted by molar-refractivity contribution is 5.90. The Morgan fingerprint density at radius 2 is 1.44 bits per heavy atom. The van der Waals surface area contributed by atoms with Gasteiger partial charge in [0.05, 0.1) is 12.7 Å². The number of methoxy groups -OCH3 is 1. The fourth-order valence-electron chi connectivity index (χ4n) is 3.21. The third-order valence-corrected chi connectivity index (χ3v) is 5.22. The monoisotopic (exact) mass is 491 g/mol. The van der Waals surface area contributed by atoms with Crippen LogP contribution < -0.4 is 14.8 Å². The van der Waals surface area contributed by atoms with Crippen LogP contribution in [0.1, 0.15) is 35.3 Å². The maximum Gasteiger partial charge on any atom is 0.408 e. The molecule has 0 bridgehead atoms. The van der Waals surface area contributed by atoms with Crippen molar-refractivity contribution in [3.8, 4) is 11.5 Å². The number of carbonyl (C=O) groups is 3. The van der Waals surface area contributed by atoms with Gasteiger partial charge in [0.15, 0.2) is 0 Å². The number of nitrogens with one attached hydrogen (secondary N) is 1. The summed E-state index contributed by atoms with van der Waals surface area (Å²) in [7, 11) is 1.58. The van der Waals surface area contributed by atoms with Crippen molar-refractivity contribution in [1.82, 2.24) is 5.32 Å². The van der Waals surface area contributed by atoms with Crippen molar-refractivity contribution in [3.63, 3.8) is 0 Å². The molecule has 0 saturated heterocycles. The van der Waals surface area contributed by atoms with E-state index < -0.39 is 24.1 Å². The van der Waals surface area contributed by atoms with Gasteiger partial charge in [0.25, 0.3) is 0 Å². The molecular formula is C28H29NO7. The summed E-state index contributed by atoms with van der Waals surface area (Å²) >= 11 is 0. The van der Waals surface area contributed by atoms with E-state index in [2.05, 4.69) is 5.32 Å². The smallest absolute Gasteiger partial charge is 0.408 e. The summed E-state index contributed by atoms with van der Waals surface area (Å²) < 4.78 is 21.1. The molecule has 0 spiro atoms. The van der Waals surface area contributed by atoms with Crippen LogP contribution in [0.4, 0.5) is 4.79 Å². The molecule has 0 aliphatic heterocycles. The van der Waals surface area contributed by atoms with Crippen LogP contribution in [0.2, 0.25) is 0 Å². The van der Waals surface area contributed by atoms with Crippen LogP contribution in [0.3, 0.4) is 0 Å². The fraction of sp³-hybridized carbons (Fsp3) is 0.250. The molecule has 1 amide bonds. The van der Waals surface area contributed by atoms with Crippen LogP contribution in [-0.4, -0.2) is 31.2 Å². The van der Waals surface area contributed by atoms with E-state index in [4.69, 9.17) is 18.9 Å². The standard InChI is InChI=1S/C28H29NO7/c1-19(2)25(29-28(32)35-18-20-8-5-4-6-9-20)27(31)36-24-11-7-10-22(16-24)26(30)34-17-21-12-14-23(33-3)15-13-21/h4-16,19,25H,17-18H2,1-3H3,(H,29,32)/t25-/m0/s1. The van der Waals surface area contributed by atoms with Gasteiger partial charge in [-0.15, -0.1) is 0 Å². The lowest BCUT2D eigenvalue weighted by atomic mass is 10.1. The largest absolute Gasteiger partial charge is 0.497 e. The first kappa shape index (κ1) is 26.3. The van der Waals surface area contributed by atoms with E-state index in [0.29, 0.717) is 5.75 Å². The molecule has 3 aromatic rings. The van der Waals surface area contributed by atoms with E-state index in [9.17, 15) is 14.4 Å². The number of benzene rings is 3. The molecular weight excluding hydrogens is 462 g/mol. The molecule has 0 aliphatic rings. The van der Waals surface area contributed by atoms with Crippen molar-refractivity contribution in [3.05, 3.63) is 95.6 Å². The summed E-state index contributed by atoms with van der Waals surface area (Å²) in [4.78, 5) is 37.5. The number of hydrogen-bond acceptors (Lipinski definition) is 7. The molecule has 0 saturated carbocycles. The molecule has 0 heterocycles. The summed E-state index contributed by atoms with van der Waals surface area (Å²) in [5.41, 5.74) is 1.86. The molecule has 0 fully saturated rings. The second-order valence-electron chi connectivity index (χ2n) is 8.30. The molecule has 3 rings (SSSR count). The first-order chi connectivity index (χ1) is 17.4. The fourth-order valence-corrected chi connectivity index (χ4v) is 3.21. The van der Waals surface area contributed by atoms with Crippen LogP contribution >= 0.6 is 0 Å². The Morgan fingerprint density at radius 1 is 0.778 bits per heavy atom. The Balaban J connectivity index is 1.55. The zero-order valence-corrected chi connectivity index (χ0v) is 20.4. The van der Waals surface area contributed by atoms with Crippen molar-refractivity contribution >= 4 is 18.0 Å². The van der Waals surface area contributed by atoms with E-state index in [1.165, 1.54) is 6.07 Å². The lowest BCUT2D eigenvalue weighted by molar-refractivity contribution is -0.137. The van der Waals surface area contributed by atoms with Crippen molar-refractivity contribution < 1.29 is 33.3 Å². The second-order valence-corrected chi connectivity index (χ2v) is 8.30. The van der Waals surface area contributed by atoms with Crippen LogP contribution in [0.5, 0.6) is 11.5 Å². The molecule has 0 aromatic heterocycles. The predicted octanol–water partition coefficient (Wildman–Crippen LogP) is 4.91. The van der Waals surface area contributed by atoms with Gasteiger partial charge in [-0.25, -0.2) is 14.4 Å². The average molecular weight is 492 g/mol. The van der Waals surface area contributed by atoms with E-state index in [0.717, 1.165) is 11.1 Å². The number of hydrogen-bond donors (Lipinski definition) is 1. The van der Waals surface area contributed by atoms with Gasteiger partial charge in [0.1, 0.15) is 30.8 Å². The third-order valence-electron chi connectivity index (χ3n) is 5.22. The average Bonchev–Trinajstić information content (AvgIpc) is 2.90. The quantitative estimate of drug-likeness (QED) is 0.318. The molecule has 0 unspecified atom stereocenters. The molecule has 1 atom stereocenters. The van der Waals surface area contributed by atoms with Crippen molar-refractivity contribution in [2.45, 2.75) is 33.1 Å². The molecule has 36 heavy (non-hydrogen) atoms. The molecule has 8 nitrogen and oxygen atoms in total. The van der Waals surface area contributed by atoms with Gasteiger partial charge in [-0.3, -0.25) is 0 Å². The van der Waals surface area contributed by atoms with Crippen LogP contribution in [0, 0.1) is 5.92 Å². The minimum atomic E-state index is -0.945. The Labute approximate surface area is 210 Å². The van der Waals surface area contributed by atoms with E-state index in [-0.39, 0.29) is 30.4 Å². The zero-order valence-electron chi connectivity index (χ0n) is 20.4. The van der Waals surface area contributed by atoms with Gasteiger partial charge in [-0.1, -0.05) is 62.4 Å². The van der Waals surface area contributed by atoms with E-state index in [1.54, 1.807) is 63.4 Å². The topological polar surface area (TPSA) is 100 Å². The Kier molecular flexibility index (Phi) is 9.45.